The van der Waals surface area contributed by atoms with Crippen molar-refractivity contribution in [1.82, 2.24) is 0 Å². The molecule has 0 unspecified atom stereocenters. The highest BCUT2D eigenvalue weighted by atomic mass is 16.3. The fraction of sp³-hybridized carbons (Fsp3) is 0.778. The SMILES string of the molecule is C/C=C(\O)C1CCCCC1. The van der Waals surface area contributed by atoms with Crippen molar-refractivity contribution in [2.45, 2.75) is 39.0 Å². The van der Waals surface area contributed by atoms with Crippen LogP contribution in [0.4, 0.5) is 0 Å². The summed E-state index contributed by atoms with van der Waals surface area (Å²) in [5.74, 6) is 1.10. The molecule has 0 aromatic carbocycles. The molecule has 0 radical (unpaired) electrons. The van der Waals surface area contributed by atoms with Gasteiger partial charge >= 0.3 is 0 Å². The molecule has 10 heavy (non-hydrogen) atoms. The molecule has 1 saturated carbocycles. The van der Waals surface area contributed by atoms with Crippen molar-refractivity contribution in [3.8, 4) is 0 Å². The summed E-state index contributed by atoms with van der Waals surface area (Å²) >= 11 is 0. The summed E-state index contributed by atoms with van der Waals surface area (Å²) in [5, 5.41) is 9.34. The van der Waals surface area contributed by atoms with Crippen LogP contribution in [0, 0.1) is 5.92 Å². The molecule has 1 aliphatic rings. The van der Waals surface area contributed by atoms with Crippen LogP contribution in [-0.4, -0.2) is 5.11 Å². The summed E-state index contributed by atoms with van der Waals surface area (Å²) in [6.45, 7) is 1.91. The largest absolute Gasteiger partial charge is 0.512 e. The number of hydrogen-bond donors (Lipinski definition) is 1. The fourth-order valence-electron chi connectivity index (χ4n) is 1.63. The van der Waals surface area contributed by atoms with Gasteiger partial charge in [0.05, 0.1) is 5.76 Å². The summed E-state index contributed by atoms with van der Waals surface area (Å²) in [5.41, 5.74) is 0. The lowest BCUT2D eigenvalue weighted by Gasteiger charge is -2.20. The van der Waals surface area contributed by atoms with Crippen LogP contribution < -0.4 is 0 Å². The molecule has 1 heteroatoms. The molecule has 0 aliphatic heterocycles. The van der Waals surface area contributed by atoms with Gasteiger partial charge in [0.25, 0.3) is 0 Å². The zero-order chi connectivity index (χ0) is 7.40. The number of aliphatic hydroxyl groups excluding tert-OH is 1. The van der Waals surface area contributed by atoms with Crippen LogP contribution in [0.1, 0.15) is 39.0 Å². The lowest BCUT2D eigenvalue weighted by atomic mass is 9.88. The van der Waals surface area contributed by atoms with Crippen LogP contribution >= 0.6 is 0 Å². The number of rotatable bonds is 1. The first-order valence-corrected chi connectivity index (χ1v) is 4.19. The molecule has 1 rings (SSSR count). The van der Waals surface area contributed by atoms with Gasteiger partial charge in [-0.2, -0.15) is 0 Å². The van der Waals surface area contributed by atoms with Gasteiger partial charge < -0.3 is 5.11 Å². The molecule has 58 valence electrons. The number of aliphatic hydroxyl groups is 1. The molecule has 0 amide bonds. The quantitative estimate of drug-likeness (QED) is 0.555. The van der Waals surface area contributed by atoms with E-state index in [4.69, 9.17) is 0 Å². The van der Waals surface area contributed by atoms with Crippen molar-refractivity contribution in [2.75, 3.05) is 0 Å². The lowest BCUT2D eigenvalue weighted by Crippen LogP contribution is -2.08. The van der Waals surface area contributed by atoms with Crippen molar-refractivity contribution in [2.24, 2.45) is 5.92 Å². The Morgan fingerprint density at radius 1 is 1.30 bits per heavy atom. The van der Waals surface area contributed by atoms with E-state index in [0.29, 0.717) is 11.7 Å². The monoisotopic (exact) mass is 140 g/mol. The third-order valence-electron chi connectivity index (χ3n) is 2.32. The smallest absolute Gasteiger partial charge is 0.0910 e. The first-order chi connectivity index (χ1) is 4.84. The Balaban J connectivity index is 2.39. The van der Waals surface area contributed by atoms with E-state index in [1.165, 1.54) is 32.1 Å². The van der Waals surface area contributed by atoms with Crippen LogP contribution in [-0.2, 0) is 0 Å². The molecule has 0 saturated heterocycles. The molecule has 0 bridgehead atoms. The highest BCUT2D eigenvalue weighted by molar-refractivity contribution is 4.95. The molecule has 1 fully saturated rings. The maximum Gasteiger partial charge on any atom is 0.0910 e. The van der Waals surface area contributed by atoms with Gasteiger partial charge in [0, 0.05) is 5.92 Å². The van der Waals surface area contributed by atoms with E-state index in [1.807, 2.05) is 13.0 Å². The Morgan fingerprint density at radius 3 is 2.40 bits per heavy atom. The zero-order valence-electron chi connectivity index (χ0n) is 6.64. The Morgan fingerprint density at radius 2 is 1.90 bits per heavy atom. The van der Waals surface area contributed by atoms with E-state index in [-0.39, 0.29) is 0 Å². The molecule has 0 aromatic rings. The van der Waals surface area contributed by atoms with Crippen molar-refractivity contribution in [3.63, 3.8) is 0 Å². The Kier molecular flexibility index (Phi) is 2.79. The predicted molar refractivity (Wildman–Crippen MR) is 43.0 cm³/mol. The van der Waals surface area contributed by atoms with E-state index in [0.717, 1.165) is 0 Å². The lowest BCUT2D eigenvalue weighted by molar-refractivity contribution is 0.275. The minimum absolute atomic E-state index is 0.485. The molecular formula is C9H16O. The third-order valence-corrected chi connectivity index (χ3v) is 2.32. The van der Waals surface area contributed by atoms with Crippen molar-refractivity contribution in [1.29, 1.82) is 0 Å². The fourth-order valence-corrected chi connectivity index (χ4v) is 1.63. The van der Waals surface area contributed by atoms with Crippen LogP contribution in [0.15, 0.2) is 11.8 Å². The molecule has 0 heterocycles. The molecule has 1 N–H and O–H groups in total. The Bertz CT molecular complexity index is 121. The van der Waals surface area contributed by atoms with Crippen LogP contribution in [0.2, 0.25) is 0 Å². The first kappa shape index (κ1) is 7.64. The first-order valence-electron chi connectivity index (χ1n) is 4.19. The zero-order valence-corrected chi connectivity index (χ0v) is 6.64. The number of allylic oxidation sites excluding steroid dienone is 2. The maximum absolute atomic E-state index is 9.34. The maximum atomic E-state index is 9.34. The molecule has 0 spiro atoms. The van der Waals surface area contributed by atoms with Gasteiger partial charge in [-0.1, -0.05) is 19.3 Å². The van der Waals surface area contributed by atoms with Gasteiger partial charge in [0.1, 0.15) is 0 Å². The van der Waals surface area contributed by atoms with Crippen LogP contribution in [0.5, 0.6) is 0 Å². The molecule has 1 aliphatic carbocycles. The minimum Gasteiger partial charge on any atom is -0.512 e. The van der Waals surface area contributed by atoms with Crippen LogP contribution in [0.25, 0.3) is 0 Å². The Hall–Kier alpha value is -0.460. The second-order valence-corrected chi connectivity index (χ2v) is 3.05. The van der Waals surface area contributed by atoms with E-state index in [2.05, 4.69) is 0 Å². The van der Waals surface area contributed by atoms with Gasteiger partial charge in [-0.15, -0.1) is 0 Å². The normalized spacial score (nSPS) is 23.1. The minimum atomic E-state index is 0.485. The van der Waals surface area contributed by atoms with Crippen LogP contribution in [0.3, 0.4) is 0 Å². The highest BCUT2D eigenvalue weighted by Crippen LogP contribution is 2.27. The average Bonchev–Trinajstić information content (AvgIpc) is 2.05. The van der Waals surface area contributed by atoms with E-state index in [1.54, 1.807) is 0 Å². The second kappa shape index (κ2) is 3.65. The van der Waals surface area contributed by atoms with Gasteiger partial charge in [0.2, 0.25) is 0 Å². The van der Waals surface area contributed by atoms with Gasteiger partial charge in [-0.3, -0.25) is 0 Å². The topological polar surface area (TPSA) is 20.2 Å². The summed E-state index contributed by atoms with van der Waals surface area (Å²) < 4.78 is 0. The molecule has 0 aromatic heterocycles. The molecule has 0 atom stereocenters. The van der Waals surface area contributed by atoms with E-state index >= 15 is 0 Å². The van der Waals surface area contributed by atoms with Crippen molar-refractivity contribution < 1.29 is 5.11 Å². The third kappa shape index (κ3) is 1.76. The Labute approximate surface area is 62.8 Å². The summed E-state index contributed by atoms with van der Waals surface area (Å²) in [6.07, 6.45) is 8.15. The van der Waals surface area contributed by atoms with Crippen molar-refractivity contribution in [3.05, 3.63) is 11.8 Å². The summed E-state index contributed by atoms with van der Waals surface area (Å²) in [7, 11) is 0. The molecular weight excluding hydrogens is 124 g/mol. The summed E-state index contributed by atoms with van der Waals surface area (Å²) in [6, 6.07) is 0. The van der Waals surface area contributed by atoms with Gasteiger partial charge in [0.15, 0.2) is 0 Å². The van der Waals surface area contributed by atoms with Gasteiger partial charge in [-0.25, -0.2) is 0 Å². The summed E-state index contributed by atoms with van der Waals surface area (Å²) in [4.78, 5) is 0. The van der Waals surface area contributed by atoms with Gasteiger partial charge in [-0.05, 0) is 25.8 Å². The number of hydrogen-bond acceptors (Lipinski definition) is 1. The van der Waals surface area contributed by atoms with E-state index < -0.39 is 0 Å². The predicted octanol–water partition coefficient (Wildman–Crippen LogP) is 3.03. The van der Waals surface area contributed by atoms with E-state index in [9.17, 15) is 5.11 Å². The molecule has 1 nitrogen and oxygen atoms in total. The average molecular weight is 140 g/mol. The highest BCUT2D eigenvalue weighted by Gasteiger charge is 2.15. The van der Waals surface area contributed by atoms with Crippen molar-refractivity contribution >= 4 is 0 Å². The standard InChI is InChI=1S/C9H16O/c1-2-9(10)8-6-4-3-5-7-8/h2,8,10H,3-7H2,1H3/b9-2-. The second-order valence-electron chi connectivity index (χ2n) is 3.05.